The number of hydrogen-bond donors (Lipinski definition) is 2. The molecular formula is C15H20F3N3O. The van der Waals surface area contributed by atoms with E-state index in [9.17, 15) is 18.0 Å². The largest absolute Gasteiger partial charge is 0.416 e. The van der Waals surface area contributed by atoms with Gasteiger partial charge in [0, 0.05) is 18.8 Å². The van der Waals surface area contributed by atoms with E-state index in [1.54, 1.807) is 4.90 Å². The summed E-state index contributed by atoms with van der Waals surface area (Å²) in [6.45, 7) is 2.27. The van der Waals surface area contributed by atoms with Gasteiger partial charge in [-0.2, -0.15) is 13.2 Å². The molecule has 0 radical (unpaired) electrons. The number of carbonyl (C=O) groups is 1. The minimum atomic E-state index is -4.36. The van der Waals surface area contributed by atoms with Gasteiger partial charge in [-0.1, -0.05) is 0 Å². The molecule has 0 aromatic heterocycles. The topological polar surface area (TPSA) is 44.4 Å². The van der Waals surface area contributed by atoms with Crippen LogP contribution in [0.4, 0.5) is 23.7 Å². The van der Waals surface area contributed by atoms with E-state index < -0.39 is 11.7 Å². The van der Waals surface area contributed by atoms with E-state index in [1.165, 1.54) is 12.1 Å². The van der Waals surface area contributed by atoms with Crippen molar-refractivity contribution in [2.24, 2.45) is 5.92 Å². The van der Waals surface area contributed by atoms with Crippen LogP contribution in [0.25, 0.3) is 0 Å². The van der Waals surface area contributed by atoms with Gasteiger partial charge in [-0.15, -0.1) is 0 Å². The molecule has 0 spiro atoms. The van der Waals surface area contributed by atoms with Gasteiger partial charge >= 0.3 is 12.2 Å². The summed E-state index contributed by atoms with van der Waals surface area (Å²) in [5.41, 5.74) is -0.353. The van der Waals surface area contributed by atoms with E-state index in [0.717, 1.165) is 31.5 Å². The van der Waals surface area contributed by atoms with E-state index >= 15 is 0 Å². The maximum Gasteiger partial charge on any atom is 0.416 e. The number of rotatable bonds is 3. The Hall–Kier alpha value is -1.76. The second-order valence-corrected chi connectivity index (χ2v) is 5.49. The number of urea groups is 1. The number of nitrogens with zero attached hydrogens (tertiary/aromatic N) is 1. The van der Waals surface area contributed by atoms with Gasteiger partial charge in [0.15, 0.2) is 0 Å². The molecule has 2 rings (SSSR count). The van der Waals surface area contributed by atoms with Crippen LogP contribution in [0.2, 0.25) is 0 Å². The highest BCUT2D eigenvalue weighted by Gasteiger charge is 2.30. The molecule has 1 aliphatic rings. The van der Waals surface area contributed by atoms with E-state index in [0.29, 0.717) is 24.7 Å². The fourth-order valence-corrected chi connectivity index (χ4v) is 2.57. The van der Waals surface area contributed by atoms with Gasteiger partial charge in [-0.25, -0.2) is 4.79 Å². The zero-order valence-electron chi connectivity index (χ0n) is 12.4. The quantitative estimate of drug-likeness (QED) is 0.900. The number of likely N-dealkylation sites (tertiary alicyclic amines) is 1. The number of carbonyl (C=O) groups excluding carboxylic acids is 1. The lowest BCUT2D eigenvalue weighted by Gasteiger charge is -2.31. The van der Waals surface area contributed by atoms with Gasteiger partial charge < -0.3 is 15.5 Å². The third-order valence-electron chi connectivity index (χ3n) is 3.86. The first-order valence-corrected chi connectivity index (χ1v) is 7.28. The van der Waals surface area contributed by atoms with Crippen LogP contribution in [0.5, 0.6) is 0 Å². The Balaban J connectivity index is 1.87. The van der Waals surface area contributed by atoms with Crippen LogP contribution in [0.3, 0.4) is 0 Å². The Morgan fingerprint density at radius 3 is 2.32 bits per heavy atom. The Morgan fingerprint density at radius 2 is 1.82 bits per heavy atom. The summed E-state index contributed by atoms with van der Waals surface area (Å²) in [5.74, 6) is 0.570. The Bertz CT molecular complexity index is 494. The summed E-state index contributed by atoms with van der Waals surface area (Å²) in [6, 6.07) is 4.22. The molecular weight excluding hydrogens is 295 g/mol. The van der Waals surface area contributed by atoms with E-state index in [1.807, 2.05) is 7.05 Å². The summed E-state index contributed by atoms with van der Waals surface area (Å²) in [7, 11) is 1.91. The van der Waals surface area contributed by atoms with Gasteiger partial charge in [0.25, 0.3) is 0 Å². The molecule has 1 heterocycles. The van der Waals surface area contributed by atoms with Gasteiger partial charge in [0.2, 0.25) is 0 Å². The maximum absolute atomic E-state index is 12.5. The lowest BCUT2D eigenvalue weighted by atomic mass is 9.97. The number of nitrogens with one attached hydrogen (secondary N) is 2. The minimum Gasteiger partial charge on any atom is -0.325 e. The lowest BCUT2D eigenvalue weighted by Crippen LogP contribution is -2.42. The van der Waals surface area contributed by atoms with Crippen LogP contribution in [0.15, 0.2) is 24.3 Å². The average Bonchev–Trinajstić information content (AvgIpc) is 2.48. The van der Waals surface area contributed by atoms with Crippen molar-refractivity contribution in [3.63, 3.8) is 0 Å². The minimum absolute atomic E-state index is 0.261. The Kier molecular flexibility index (Phi) is 5.28. The molecule has 7 heteroatoms. The zero-order valence-corrected chi connectivity index (χ0v) is 12.4. The van der Waals surface area contributed by atoms with Gasteiger partial charge in [0.1, 0.15) is 0 Å². The number of halogens is 3. The first kappa shape index (κ1) is 16.6. The van der Waals surface area contributed by atoms with Crippen LogP contribution < -0.4 is 10.6 Å². The smallest absolute Gasteiger partial charge is 0.325 e. The van der Waals surface area contributed by atoms with Crippen molar-refractivity contribution in [2.45, 2.75) is 19.0 Å². The number of anilines is 1. The molecule has 2 amide bonds. The summed E-state index contributed by atoms with van der Waals surface area (Å²) < 4.78 is 37.4. The Labute approximate surface area is 127 Å². The van der Waals surface area contributed by atoms with Crippen LogP contribution in [-0.4, -0.2) is 37.6 Å². The van der Waals surface area contributed by atoms with Crippen LogP contribution in [-0.2, 0) is 6.18 Å². The summed E-state index contributed by atoms with van der Waals surface area (Å²) in [6.07, 6.45) is -2.50. The second kappa shape index (κ2) is 7.00. The third-order valence-corrected chi connectivity index (χ3v) is 3.86. The van der Waals surface area contributed by atoms with Crippen molar-refractivity contribution in [2.75, 3.05) is 32.0 Å². The molecule has 0 unspecified atom stereocenters. The molecule has 4 nitrogen and oxygen atoms in total. The maximum atomic E-state index is 12.5. The van der Waals surface area contributed by atoms with Crippen LogP contribution in [0, 0.1) is 5.92 Å². The normalized spacial score (nSPS) is 16.6. The standard InChI is InChI=1S/C15H20F3N3O/c1-19-10-11-6-8-21(9-7-11)14(22)20-13-4-2-12(3-5-13)15(16,17)18/h2-5,11,19H,6-10H2,1H3,(H,20,22). The van der Waals surface area contributed by atoms with Crippen molar-refractivity contribution in [3.8, 4) is 0 Å². The molecule has 1 aromatic rings. The average molecular weight is 315 g/mol. The molecule has 1 fully saturated rings. The number of benzene rings is 1. The molecule has 0 aliphatic carbocycles. The molecule has 2 N–H and O–H groups in total. The van der Waals surface area contributed by atoms with Crippen molar-refractivity contribution in [1.29, 1.82) is 0 Å². The van der Waals surface area contributed by atoms with Gasteiger partial charge in [0.05, 0.1) is 5.56 Å². The fraction of sp³-hybridized carbons (Fsp3) is 0.533. The van der Waals surface area contributed by atoms with Gasteiger partial charge in [-0.3, -0.25) is 0 Å². The summed E-state index contributed by atoms with van der Waals surface area (Å²) in [4.78, 5) is 13.8. The van der Waals surface area contributed by atoms with Crippen molar-refractivity contribution in [3.05, 3.63) is 29.8 Å². The molecule has 0 atom stereocenters. The van der Waals surface area contributed by atoms with E-state index in [2.05, 4.69) is 10.6 Å². The van der Waals surface area contributed by atoms with Crippen LogP contribution >= 0.6 is 0 Å². The predicted molar refractivity (Wildman–Crippen MR) is 78.7 cm³/mol. The summed E-state index contributed by atoms with van der Waals surface area (Å²) in [5, 5.41) is 5.77. The number of piperidine rings is 1. The third kappa shape index (κ3) is 4.37. The highest BCUT2D eigenvalue weighted by molar-refractivity contribution is 5.89. The molecule has 1 aliphatic heterocycles. The fourth-order valence-electron chi connectivity index (χ4n) is 2.57. The first-order chi connectivity index (χ1) is 10.4. The van der Waals surface area contributed by atoms with E-state index in [-0.39, 0.29) is 6.03 Å². The first-order valence-electron chi connectivity index (χ1n) is 7.28. The number of amides is 2. The van der Waals surface area contributed by atoms with Crippen molar-refractivity contribution >= 4 is 11.7 Å². The molecule has 0 bridgehead atoms. The second-order valence-electron chi connectivity index (χ2n) is 5.49. The monoisotopic (exact) mass is 315 g/mol. The highest BCUT2D eigenvalue weighted by atomic mass is 19.4. The lowest BCUT2D eigenvalue weighted by molar-refractivity contribution is -0.137. The molecule has 0 saturated carbocycles. The van der Waals surface area contributed by atoms with Crippen molar-refractivity contribution in [1.82, 2.24) is 10.2 Å². The number of hydrogen-bond acceptors (Lipinski definition) is 2. The SMILES string of the molecule is CNCC1CCN(C(=O)Nc2ccc(C(F)(F)F)cc2)CC1. The molecule has 22 heavy (non-hydrogen) atoms. The molecule has 1 saturated heterocycles. The van der Waals surface area contributed by atoms with Gasteiger partial charge in [-0.05, 0) is 56.6 Å². The highest BCUT2D eigenvalue weighted by Crippen LogP contribution is 2.29. The summed E-state index contributed by atoms with van der Waals surface area (Å²) >= 11 is 0. The number of alkyl halides is 3. The van der Waals surface area contributed by atoms with E-state index in [4.69, 9.17) is 0 Å². The predicted octanol–water partition coefficient (Wildman–Crippen LogP) is 3.17. The Morgan fingerprint density at radius 1 is 1.23 bits per heavy atom. The molecule has 1 aromatic carbocycles. The zero-order chi connectivity index (χ0) is 16.2. The molecule has 122 valence electrons. The van der Waals surface area contributed by atoms with Crippen molar-refractivity contribution < 1.29 is 18.0 Å². The van der Waals surface area contributed by atoms with Crippen LogP contribution in [0.1, 0.15) is 18.4 Å².